The normalized spacial score (nSPS) is 10.4. The van der Waals surface area contributed by atoms with Gasteiger partial charge in [0.25, 0.3) is 5.56 Å². The quantitative estimate of drug-likeness (QED) is 0.383. The summed E-state index contributed by atoms with van der Waals surface area (Å²) in [6.07, 6.45) is 2.62. The van der Waals surface area contributed by atoms with Gasteiger partial charge in [0.05, 0.1) is 0 Å². The largest absolute Gasteiger partial charge is 0.481 e. The molecule has 0 atom stereocenters. The zero-order chi connectivity index (χ0) is 12.7. The first-order valence-corrected chi connectivity index (χ1v) is 6.28. The van der Waals surface area contributed by atoms with Gasteiger partial charge in [-0.25, -0.2) is 4.98 Å². The Kier molecular flexibility index (Phi) is 5.55. The standard InChI is InChI=1S/C10H15N3O3S/c11-7-6-8(14)13-10(12-7)17-5-3-1-2-4-9(15)16/h6H,1-5H2,(H,15,16)(H3,11,12,13,14). The van der Waals surface area contributed by atoms with Gasteiger partial charge in [0.15, 0.2) is 5.16 Å². The van der Waals surface area contributed by atoms with Crippen LogP contribution in [-0.2, 0) is 4.79 Å². The van der Waals surface area contributed by atoms with Crippen molar-refractivity contribution >= 4 is 23.5 Å². The van der Waals surface area contributed by atoms with Crippen LogP contribution in [0.3, 0.4) is 0 Å². The molecule has 0 fully saturated rings. The highest BCUT2D eigenvalue weighted by atomic mass is 32.2. The predicted octanol–water partition coefficient (Wildman–Crippen LogP) is 1.09. The van der Waals surface area contributed by atoms with Crippen molar-refractivity contribution in [3.63, 3.8) is 0 Å². The van der Waals surface area contributed by atoms with Gasteiger partial charge in [-0.05, 0) is 12.8 Å². The highest BCUT2D eigenvalue weighted by Crippen LogP contribution is 2.14. The number of H-pyrrole nitrogens is 1. The average Bonchev–Trinajstić information content (AvgIpc) is 2.21. The summed E-state index contributed by atoms with van der Waals surface area (Å²) in [5, 5.41) is 8.95. The number of carboxylic acids is 1. The molecule has 94 valence electrons. The maximum Gasteiger partial charge on any atom is 0.303 e. The molecule has 7 heteroatoms. The van der Waals surface area contributed by atoms with E-state index in [0.29, 0.717) is 11.6 Å². The van der Waals surface area contributed by atoms with E-state index in [4.69, 9.17) is 10.8 Å². The molecule has 0 aliphatic rings. The molecule has 1 aromatic heterocycles. The van der Waals surface area contributed by atoms with Crippen molar-refractivity contribution in [3.05, 3.63) is 16.4 Å². The minimum absolute atomic E-state index is 0.206. The van der Waals surface area contributed by atoms with E-state index in [2.05, 4.69) is 9.97 Å². The molecule has 0 amide bonds. The van der Waals surface area contributed by atoms with Crippen LogP contribution in [0.5, 0.6) is 0 Å². The van der Waals surface area contributed by atoms with E-state index in [0.717, 1.165) is 18.6 Å². The molecule has 0 saturated heterocycles. The van der Waals surface area contributed by atoms with Crippen LogP contribution in [0.2, 0.25) is 0 Å². The van der Waals surface area contributed by atoms with E-state index in [1.165, 1.54) is 17.8 Å². The molecule has 0 bridgehead atoms. The fourth-order valence-electron chi connectivity index (χ4n) is 1.25. The van der Waals surface area contributed by atoms with Crippen molar-refractivity contribution in [2.75, 3.05) is 11.5 Å². The summed E-state index contributed by atoms with van der Waals surface area (Å²) in [7, 11) is 0. The van der Waals surface area contributed by atoms with Crippen LogP contribution in [0.1, 0.15) is 25.7 Å². The van der Waals surface area contributed by atoms with Gasteiger partial charge in [-0.3, -0.25) is 9.59 Å². The fourth-order valence-corrected chi connectivity index (χ4v) is 2.13. The zero-order valence-corrected chi connectivity index (χ0v) is 10.1. The molecule has 0 saturated carbocycles. The minimum atomic E-state index is -0.764. The molecule has 0 spiro atoms. The Morgan fingerprint density at radius 3 is 2.88 bits per heavy atom. The smallest absolute Gasteiger partial charge is 0.303 e. The van der Waals surface area contributed by atoms with Crippen LogP contribution in [0.25, 0.3) is 0 Å². The molecule has 1 heterocycles. The molecular formula is C10H15N3O3S. The number of nitrogens with two attached hydrogens (primary N) is 1. The average molecular weight is 257 g/mol. The van der Waals surface area contributed by atoms with Gasteiger partial charge in [-0.2, -0.15) is 0 Å². The van der Waals surface area contributed by atoms with Gasteiger partial charge in [0.1, 0.15) is 5.82 Å². The topological polar surface area (TPSA) is 109 Å². The van der Waals surface area contributed by atoms with Gasteiger partial charge < -0.3 is 15.8 Å². The number of nitrogens with zero attached hydrogens (tertiary/aromatic N) is 1. The number of aliphatic carboxylic acids is 1. The van der Waals surface area contributed by atoms with Crippen LogP contribution >= 0.6 is 11.8 Å². The Bertz CT molecular complexity index is 433. The number of thioether (sulfide) groups is 1. The molecule has 1 rings (SSSR count). The highest BCUT2D eigenvalue weighted by Gasteiger charge is 2.00. The summed E-state index contributed by atoms with van der Waals surface area (Å²) in [4.78, 5) is 27.9. The van der Waals surface area contributed by atoms with Crippen molar-refractivity contribution in [3.8, 4) is 0 Å². The van der Waals surface area contributed by atoms with Crippen LogP contribution < -0.4 is 11.3 Å². The summed E-state index contributed by atoms with van der Waals surface area (Å²) in [5.41, 5.74) is 5.18. The van der Waals surface area contributed by atoms with Crippen molar-refractivity contribution in [1.29, 1.82) is 0 Å². The molecular weight excluding hydrogens is 242 g/mol. The van der Waals surface area contributed by atoms with Crippen LogP contribution in [0, 0.1) is 0 Å². The molecule has 4 N–H and O–H groups in total. The third-order valence-electron chi connectivity index (χ3n) is 2.01. The molecule has 0 aromatic carbocycles. The number of rotatable bonds is 7. The van der Waals surface area contributed by atoms with E-state index >= 15 is 0 Å². The van der Waals surface area contributed by atoms with Crippen LogP contribution in [0.4, 0.5) is 5.82 Å². The number of carboxylic acid groups (broad SMARTS) is 1. The van der Waals surface area contributed by atoms with Gasteiger partial charge in [0.2, 0.25) is 0 Å². The molecule has 6 nitrogen and oxygen atoms in total. The lowest BCUT2D eigenvalue weighted by Crippen LogP contribution is -2.09. The number of aromatic amines is 1. The second-order valence-electron chi connectivity index (χ2n) is 3.53. The van der Waals surface area contributed by atoms with E-state index in [1.54, 1.807) is 0 Å². The molecule has 0 aliphatic carbocycles. The molecule has 0 radical (unpaired) electrons. The zero-order valence-electron chi connectivity index (χ0n) is 9.31. The Hall–Kier alpha value is -1.50. The number of anilines is 1. The van der Waals surface area contributed by atoms with Gasteiger partial charge in [0, 0.05) is 18.2 Å². The van der Waals surface area contributed by atoms with Gasteiger partial charge >= 0.3 is 5.97 Å². The van der Waals surface area contributed by atoms with E-state index in [1.807, 2.05) is 0 Å². The van der Waals surface area contributed by atoms with E-state index in [-0.39, 0.29) is 17.8 Å². The molecule has 1 aromatic rings. The second-order valence-corrected chi connectivity index (χ2v) is 4.61. The Morgan fingerprint density at radius 2 is 2.24 bits per heavy atom. The first kappa shape index (κ1) is 13.6. The van der Waals surface area contributed by atoms with Crippen LogP contribution in [0.15, 0.2) is 16.0 Å². The third kappa shape index (κ3) is 5.96. The number of nitrogen functional groups attached to an aromatic ring is 1. The van der Waals surface area contributed by atoms with Crippen molar-refractivity contribution in [1.82, 2.24) is 9.97 Å². The van der Waals surface area contributed by atoms with Crippen molar-refractivity contribution in [2.24, 2.45) is 0 Å². The van der Waals surface area contributed by atoms with Gasteiger partial charge in [-0.1, -0.05) is 18.2 Å². The number of hydrogen-bond donors (Lipinski definition) is 3. The lowest BCUT2D eigenvalue weighted by molar-refractivity contribution is -0.137. The van der Waals surface area contributed by atoms with Crippen LogP contribution in [-0.4, -0.2) is 26.8 Å². The number of carbonyl (C=O) groups is 1. The molecule has 17 heavy (non-hydrogen) atoms. The van der Waals surface area contributed by atoms with Gasteiger partial charge in [-0.15, -0.1) is 0 Å². The van der Waals surface area contributed by atoms with Crippen molar-refractivity contribution < 1.29 is 9.90 Å². The summed E-state index contributed by atoms with van der Waals surface area (Å²) >= 11 is 1.41. The number of nitrogens with one attached hydrogen (secondary N) is 1. The first-order valence-electron chi connectivity index (χ1n) is 5.29. The predicted molar refractivity (Wildman–Crippen MR) is 66.1 cm³/mol. The summed E-state index contributed by atoms with van der Waals surface area (Å²) in [5.74, 6) is 0.230. The van der Waals surface area contributed by atoms with E-state index < -0.39 is 5.97 Å². The number of hydrogen-bond acceptors (Lipinski definition) is 5. The lowest BCUT2D eigenvalue weighted by atomic mass is 10.2. The number of unbranched alkanes of at least 4 members (excludes halogenated alkanes) is 2. The summed E-state index contributed by atoms with van der Waals surface area (Å²) in [6.45, 7) is 0. The minimum Gasteiger partial charge on any atom is -0.481 e. The highest BCUT2D eigenvalue weighted by molar-refractivity contribution is 7.99. The maximum absolute atomic E-state index is 11.1. The fraction of sp³-hybridized carbons (Fsp3) is 0.500. The van der Waals surface area contributed by atoms with E-state index in [9.17, 15) is 9.59 Å². The van der Waals surface area contributed by atoms with Crippen molar-refractivity contribution in [2.45, 2.75) is 30.8 Å². The molecule has 0 unspecified atom stereocenters. The Balaban J connectivity index is 2.22. The summed E-state index contributed by atoms with van der Waals surface area (Å²) < 4.78 is 0. The Labute approximate surface area is 103 Å². The Morgan fingerprint density at radius 1 is 1.47 bits per heavy atom. The number of aromatic nitrogens is 2. The molecule has 0 aliphatic heterocycles. The third-order valence-corrected chi connectivity index (χ3v) is 2.97. The summed E-state index contributed by atoms with van der Waals surface area (Å²) in [6, 6.07) is 1.23. The maximum atomic E-state index is 11.1. The first-order chi connectivity index (χ1) is 8.08. The SMILES string of the molecule is Nc1cc(=O)[nH]c(SCCCCCC(=O)O)n1. The monoisotopic (exact) mass is 257 g/mol. The lowest BCUT2D eigenvalue weighted by Gasteiger charge is -2.01. The second kappa shape index (κ2) is 6.95.